The Morgan fingerprint density at radius 1 is 1.22 bits per heavy atom. The molecule has 5 heteroatoms. The number of rotatable bonds is 6. The average molecular weight is 314 g/mol. The highest BCUT2D eigenvalue weighted by Crippen LogP contribution is 2.18. The van der Waals surface area contributed by atoms with Gasteiger partial charge in [0.2, 0.25) is 0 Å². The maximum absolute atomic E-state index is 9.41. The van der Waals surface area contributed by atoms with Crippen LogP contribution in [-0.2, 0) is 6.54 Å². The van der Waals surface area contributed by atoms with E-state index in [0.717, 1.165) is 31.9 Å². The fourth-order valence-corrected chi connectivity index (χ4v) is 3.28. The molecule has 124 valence electrons. The molecule has 0 spiro atoms. The third-order valence-electron chi connectivity index (χ3n) is 4.63. The molecule has 0 bridgehead atoms. The molecular weight excluding hydrogens is 288 g/mol. The van der Waals surface area contributed by atoms with Crippen LogP contribution in [0.3, 0.4) is 0 Å². The van der Waals surface area contributed by atoms with E-state index < -0.39 is 0 Å². The number of aromatic nitrogens is 2. The van der Waals surface area contributed by atoms with Crippen LogP contribution < -0.4 is 0 Å². The zero-order chi connectivity index (χ0) is 16.1. The van der Waals surface area contributed by atoms with Gasteiger partial charge in [0.05, 0.1) is 18.5 Å². The number of hydrogen-bond acceptors (Lipinski definition) is 4. The van der Waals surface area contributed by atoms with Crippen molar-refractivity contribution >= 4 is 0 Å². The van der Waals surface area contributed by atoms with Crippen LogP contribution in [0.2, 0.25) is 0 Å². The van der Waals surface area contributed by atoms with E-state index in [9.17, 15) is 5.11 Å². The molecule has 0 atom stereocenters. The normalized spacial score (nSPS) is 17.0. The van der Waals surface area contributed by atoms with Crippen molar-refractivity contribution in [1.82, 2.24) is 19.6 Å². The van der Waals surface area contributed by atoms with Gasteiger partial charge in [-0.15, -0.1) is 0 Å². The molecule has 1 aliphatic rings. The first-order valence-corrected chi connectivity index (χ1v) is 8.38. The Kier molecular flexibility index (Phi) is 5.43. The van der Waals surface area contributed by atoms with Crippen LogP contribution in [0.4, 0.5) is 0 Å². The maximum Gasteiger partial charge on any atom is 0.0645 e. The topological polar surface area (TPSA) is 44.5 Å². The van der Waals surface area contributed by atoms with Crippen LogP contribution in [-0.4, -0.2) is 64.0 Å². The van der Waals surface area contributed by atoms with Crippen LogP contribution in [0.15, 0.2) is 42.7 Å². The number of para-hydroxylation sites is 1. The van der Waals surface area contributed by atoms with Gasteiger partial charge in [-0.25, -0.2) is 4.68 Å². The van der Waals surface area contributed by atoms with Gasteiger partial charge in [-0.05, 0) is 45.1 Å². The van der Waals surface area contributed by atoms with E-state index in [2.05, 4.69) is 40.3 Å². The third kappa shape index (κ3) is 4.19. The van der Waals surface area contributed by atoms with Crippen molar-refractivity contribution in [3.8, 4) is 5.69 Å². The average Bonchev–Trinajstić information content (AvgIpc) is 3.05. The number of likely N-dealkylation sites (tertiary alicyclic amines) is 1. The Balaban J connectivity index is 1.67. The zero-order valence-electron chi connectivity index (χ0n) is 13.8. The van der Waals surface area contributed by atoms with Gasteiger partial charge in [0, 0.05) is 30.9 Å². The molecule has 1 N–H and O–H groups in total. The summed E-state index contributed by atoms with van der Waals surface area (Å²) < 4.78 is 1.92. The van der Waals surface area contributed by atoms with Crippen molar-refractivity contribution in [2.24, 2.45) is 0 Å². The molecule has 0 unspecified atom stereocenters. The second kappa shape index (κ2) is 7.73. The van der Waals surface area contributed by atoms with Crippen LogP contribution in [0, 0.1) is 0 Å². The summed E-state index contributed by atoms with van der Waals surface area (Å²) in [5, 5.41) is 13.9. The predicted octanol–water partition coefficient (Wildman–Crippen LogP) is 1.76. The third-order valence-corrected chi connectivity index (χ3v) is 4.63. The van der Waals surface area contributed by atoms with Crippen LogP contribution in [0.25, 0.3) is 5.69 Å². The van der Waals surface area contributed by atoms with Crippen molar-refractivity contribution in [3.63, 3.8) is 0 Å². The second-order valence-corrected chi connectivity index (χ2v) is 6.36. The van der Waals surface area contributed by atoms with Gasteiger partial charge in [-0.1, -0.05) is 18.2 Å². The van der Waals surface area contributed by atoms with Crippen LogP contribution in [0.1, 0.15) is 18.4 Å². The van der Waals surface area contributed by atoms with E-state index in [4.69, 9.17) is 0 Å². The van der Waals surface area contributed by atoms with Crippen molar-refractivity contribution in [1.29, 1.82) is 0 Å². The molecule has 2 aromatic rings. The van der Waals surface area contributed by atoms with Gasteiger partial charge >= 0.3 is 0 Å². The monoisotopic (exact) mass is 314 g/mol. The number of hydrogen-bond donors (Lipinski definition) is 1. The van der Waals surface area contributed by atoms with Crippen LogP contribution in [0.5, 0.6) is 0 Å². The zero-order valence-corrected chi connectivity index (χ0v) is 13.8. The lowest BCUT2D eigenvalue weighted by Gasteiger charge is -2.36. The number of benzene rings is 1. The molecule has 1 fully saturated rings. The van der Waals surface area contributed by atoms with Crippen LogP contribution >= 0.6 is 0 Å². The van der Waals surface area contributed by atoms with E-state index in [1.54, 1.807) is 0 Å². The predicted molar refractivity (Wildman–Crippen MR) is 91.6 cm³/mol. The van der Waals surface area contributed by atoms with Gasteiger partial charge in [0.15, 0.2) is 0 Å². The summed E-state index contributed by atoms with van der Waals surface area (Å²) in [6.07, 6.45) is 6.37. The Labute approximate surface area is 138 Å². The molecule has 1 aromatic heterocycles. The highest BCUT2D eigenvalue weighted by Gasteiger charge is 2.23. The summed E-state index contributed by atoms with van der Waals surface area (Å²) in [6, 6.07) is 10.7. The summed E-state index contributed by atoms with van der Waals surface area (Å²) in [7, 11) is 2.18. The molecule has 1 aliphatic heterocycles. The number of piperidine rings is 1. The van der Waals surface area contributed by atoms with E-state index in [1.807, 2.05) is 29.1 Å². The highest BCUT2D eigenvalue weighted by atomic mass is 16.3. The molecule has 5 nitrogen and oxygen atoms in total. The summed E-state index contributed by atoms with van der Waals surface area (Å²) in [4.78, 5) is 4.78. The minimum Gasteiger partial charge on any atom is -0.395 e. The highest BCUT2D eigenvalue weighted by molar-refractivity contribution is 5.30. The van der Waals surface area contributed by atoms with Crippen molar-refractivity contribution in [3.05, 3.63) is 48.3 Å². The Bertz CT molecular complexity index is 590. The molecule has 0 saturated carbocycles. The summed E-state index contributed by atoms with van der Waals surface area (Å²) in [5.41, 5.74) is 2.27. The Morgan fingerprint density at radius 3 is 2.65 bits per heavy atom. The first-order valence-electron chi connectivity index (χ1n) is 8.38. The van der Waals surface area contributed by atoms with E-state index >= 15 is 0 Å². The molecule has 1 saturated heterocycles. The number of aliphatic hydroxyl groups excluding tert-OH is 1. The fourth-order valence-electron chi connectivity index (χ4n) is 3.28. The van der Waals surface area contributed by atoms with Gasteiger partial charge in [0.25, 0.3) is 0 Å². The molecule has 23 heavy (non-hydrogen) atoms. The van der Waals surface area contributed by atoms with Crippen molar-refractivity contribution < 1.29 is 5.11 Å². The Morgan fingerprint density at radius 2 is 1.96 bits per heavy atom. The lowest BCUT2D eigenvalue weighted by atomic mass is 10.0. The summed E-state index contributed by atoms with van der Waals surface area (Å²) in [5.74, 6) is 0. The Hall–Kier alpha value is -1.69. The fraction of sp³-hybridized carbons (Fsp3) is 0.500. The lowest BCUT2D eigenvalue weighted by Crippen LogP contribution is -2.44. The molecular formula is C18H26N4O. The largest absolute Gasteiger partial charge is 0.395 e. The summed E-state index contributed by atoms with van der Waals surface area (Å²) >= 11 is 0. The van der Waals surface area contributed by atoms with Gasteiger partial charge in [-0.3, -0.25) is 4.90 Å². The standard InChI is InChI=1S/C18H26N4O/c1-20-9-7-17(8-10-20)21(11-12-23)14-16-13-19-22(15-16)18-5-3-2-4-6-18/h2-6,13,15,17,23H,7-12,14H2,1H3. The molecule has 3 rings (SSSR count). The maximum atomic E-state index is 9.41. The minimum atomic E-state index is 0.208. The van der Waals surface area contributed by atoms with Gasteiger partial charge in [0.1, 0.15) is 0 Å². The molecule has 0 amide bonds. The quantitative estimate of drug-likeness (QED) is 0.882. The molecule has 2 heterocycles. The van der Waals surface area contributed by atoms with E-state index in [0.29, 0.717) is 6.04 Å². The molecule has 1 aromatic carbocycles. The molecule has 0 aliphatic carbocycles. The number of aliphatic hydroxyl groups is 1. The molecule has 0 radical (unpaired) electrons. The smallest absolute Gasteiger partial charge is 0.0645 e. The van der Waals surface area contributed by atoms with Crippen molar-refractivity contribution in [2.45, 2.75) is 25.4 Å². The SMILES string of the molecule is CN1CCC(N(CCO)Cc2cnn(-c3ccccc3)c2)CC1. The van der Waals surface area contributed by atoms with E-state index in [-0.39, 0.29) is 6.61 Å². The summed E-state index contributed by atoms with van der Waals surface area (Å²) in [6.45, 7) is 4.05. The van der Waals surface area contributed by atoms with Gasteiger partial charge in [-0.2, -0.15) is 5.10 Å². The second-order valence-electron chi connectivity index (χ2n) is 6.36. The first kappa shape index (κ1) is 16.2. The minimum absolute atomic E-state index is 0.208. The lowest BCUT2D eigenvalue weighted by molar-refractivity contribution is 0.0941. The van der Waals surface area contributed by atoms with Crippen molar-refractivity contribution in [2.75, 3.05) is 33.3 Å². The van der Waals surface area contributed by atoms with E-state index in [1.165, 1.54) is 18.4 Å². The number of nitrogens with zero attached hydrogens (tertiary/aromatic N) is 4. The van der Waals surface area contributed by atoms with Gasteiger partial charge < -0.3 is 10.0 Å². The first-order chi connectivity index (χ1) is 11.3.